The van der Waals surface area contributed by atoms with Gasteiger partial charge in [-0.15, -0.1) is 11.3 Å². The molecular formula is C18H16ClF2N3OS. The number of amides is 1. The third-order valence-corrected chi connectivity index (χ3v) is 5.13. The summed E-state index contributed by atoms with van der Waals surface area (Å²) in [5, 5.41) is 6.96. The lowest BCUT2D eigenvalue weighted by Gasteiger charge is -2.11. The molecule has 0 unspecified atom stereocenters. The average molecular weight is 396 g/mol. The molecule has 136 valence electrons. The summed E-state index contributed by atoms with van der Waals surface area (Å²) >= 11 is 7.32. The van der Waals surface area contributed by atoms with E-state index in [1.165, 1.54) is 16.0 Å². The van der Waals surface area contributed by atoms with E-state index in [-0.39, 0.29) is 24.4 Å². The first-order valence-corrected chi connectivity index (χ1v) is 9.12. The second-order valence-electron chi connectivity index (χ2n) is 5.82. The molecule has 0 saturated heterocycles. The Balaban J connectivity index is 1.69. The molecule has 3 aromatic rings. The van der Waals surface area contributed by atoms with Crippen LogP contribution >= 0.6 is 22.9 Å². The van der Waals surface area contributed by atoms with Gasteiger partial charge in [0.05, 0.1) is 17.1 Å². The first-order valence-electron chi connectivity index (χ1n) is 7.93. The second-order valence-corrected chi connectivity index (χ2v) is 7.62. The van der Waals surface area contributed by atoms with Gasteiger partial charge in [0.2, 0.25) is 5.91 Å². The molecular weight excluding hydrogens is 380 g/mol. The number of benzene rings is 1. The second kappa shape index (κ2) is 7.97. The number of carbonyl (C=O) groups is 1. The number of hydrogen-bond acceptors (Lipinski definition) is 3. The molecule has 0 bridgehead atoms. The molecule has 4 nitrogen and oxygen atoms in total. The third-order valence-electron chi connectivity index (χ3n) is 3.84. The van der Waals surface area contributed by atoms with Crippen molar-refractivity contribution in [3.8, 4) is 0 Å². The van der Waals surface area contributed by atoms with E-state index in [4.69, 9.17) is 11.6 Å². The lowest BCUT2D eigenvalue weighted by Crippen LogP contribution is -2.17. The molecule has 3 rings (SSSR count). The van der Waals surface area contributed by atoms with Crippen LogP contribution < -0.4 is 5.32 Å². The maximum Gasteiger partial charge on any atom is 0.225 e. The molecule has 0 aliphatic rings. The van der Waals surface area contributed by atoms with E-state index in [0.717, 1.165) is 28.6 Å². The number of halogens is 3. The van der Waals surface area contributed by atoms with E-state index >= 15 is 0 Å². The maximum atomic E-state index is 13.9. The molecule has 0 atom stereocenters. The van der Waals surface area contributed by atoms with E-state index in [1.807, 2.05) is 6.07 Å². The Morgan fingerprint density at radius 1 is 1.31 bits per heavy atom. The van der Waals surface area contributed by atoms with Crippen LogP contribution in [0.5, 0.6) is 0 Å². The summed E-state index contributed by atoms with van der Waals surface area (Å²) in [4.78, 5) is 13.3. The SMILES string of the molecule is Cc1cnn(Cc2cc(F)ccc2F)c1NC(=O)CCc1ccc(Cl)s1. The van der Waals surface area contributed by atoms with Crippen LogP contribution in [0, 0.1) is 18.6 Å². The van der Waals surface area contributed by atoms with Crippen LogP contribution in [0.4, 0.5) is 14.6 Å². The van der Waals surface area contributed by atoms with Gasteiger partial charge in [0, 0.05) is 22.4 Å². The summed E-state index contributed by atoms with van der Waals surface area (Å²) in [6.45, 7) is 1.81. The number of nitrogens with one attached hydrogen (secondary N) is 1. The maximum absolute atomic E-state index is 13.9. The van der Waals surface area contributed by atoms with Crippen LogP contribution in [-0.4, -0.2) is 15.7 Å². The molecule has 1 aromatic carbocycles. The van der Waals surface area contributed by atoms with E-state index in [9.17, 15) is 13.6 Å². The number of aryl methyl sites for hydroxylation is 2. The number of hydrogen-bond donors (Lipinski definition) is 1. The van der Waals surface area contributed by atoms with Crippen LogP contribution in [0.3, 0.4) is 0 Å². The summed E-state index contributed by atoms with van der Waals surface area (Å²) in [6.07, 6.45) is 2.44. The molecule has 0 aliphatic carbocycles. The minimum atomic E-state index is -0.523. The number of nitrogens with zero attached hydrogens (tertiary/aromatic N) is 2. The normalized spacial score (nSPS) is 10.9. The van der Waals surface area contributed by atoms with Gasteiger partial charge in [-0.2, -0.15) is 5.10 Å². The van der Waals surface area contributed by atoms with Crippen molar-refractivity contribution in [3.05, 3.63) is 68.5 Å². The van der Waals surface area contributed by atoms with Crippen LogP contribution in [0.2, 0.25) is 4.34 Å². The van der Waals surface area contributed by atoms with E-state index in [1.54, 1.807) is 19.2 Å². The van der Waals surface area contributed by atoms with Gasteiger partial charge in [0.1, 0.15) is 17.5 Å². The molecule has 1 N–H and O–H groups in total. The molecule has 26 heavy (non-hydrogen) atoms. The van der Waals surface area contributed by atoms with Gasteiger partial charge in [0.25, 0.3) is 0 Å². The molecule has 8 heteroatoms. The standard InChI is InChI=1S/C18H16ClF2N3OS/c1-11-9-22-24(10-12-8-13(20)2-5-15(12)21)18(11)23-17(25)7-4-14-3-6-16(19)26-14/h2-3,5-6,8-9H,4,7,10H2,1H3,(H,23,25). The zero-order valence-electron chi connectivity index (χ0n) is 13.9. The van der Waals surface area contributed by atoms with Gasteiger partial charge in [-0.25, -0.2) is 13.5 Å². The first kappa shape index (κ1) is 18.5. The molecule has 1 amide bonds. The Bertz CT molecular complexity index is 938. The van der Waals surface area contributed by atoms with Crippen molar-refractivity contribution >= 4 is 34.7 Å². The summed E-state index contributed by atoms with van der Waals surface area (Å²) in [5.74, 6) is -0.751. The van der Waals surface area contributed by atoms with Crippen LogP contribution in [-0.2, 0) is 17.8 Å². The quantitative estimate of drug-likeness (QED) is 0.651. The van der Waals surface area contributed by atoms with Crippen LogP contribution in [0.25, 0.3) is 0 Å². The predicted molar refractivity (Wildman–Crippen MR) is 98.7 cm³/mol. The summed E-state index contributed by atoms with van der Waals surface area (Å²) in [7, 11) is 0. The van der Waals surface area contributed by atoms with E-state index < -0.39 is 11.6 Å². The van der Waals surface area contributed by atoms with Crippen molar-refractivity contribution in [2.75, 3.05) is 5.32 Å². The molecule has 0 aliphatic heterocycles. The van der Waals surface area contributed by atoms with Crippen molar-refractivity contribution < 1.29 is 13.6 Å². The minimum absolute atomic E-state index is 0.0214. The van der Waals surface area contributed by atoms with Crippen molar-refractivity contribution in [1.29, 1.82) is 0 Å². The Labute approximate surface area is 158 Å². The molecule has 2 aromatic heterocycles. The van der Waals surface area contributed by atoms with Gasteiger partial charge in [-0.3, -0.25) is 4.79 Å². The molecule has 2 heterocycles. The van der Waals surface area contributed by atoms with Gasteiger partial charge in [-0.05, 0) is 43.7 Å². The molecule has 0 radical (unpaired) electrons. The first-order chi connectivity index (χ1) is 12.4. The van der Waals surface area contributed by atoms with E-state index in [0.29, 0.717) is 16.6 Å². The number of thiophene rings is 1. The van der Waals surface area contributed by atoms with E-state index in [2.05, 4.69) is 10.4 Å². The Kier molecular flexibility index (Phi) is 5.68. The topological polar surface area (TPSA) is 46.9 Å². The number of anilines is 1. The summed E-state index contributed by atoms with van der Waals surface area (Å²) in [6, 6.07) is 6.95. The van der Waals surface area contributed by atoms with Crippen molar-refractivity contribution in [1.82, 2.24) is 9.78 Å². The Morgan fingerprint density at radius 2 is 2.12 bits per heavy atom. The summed E-state index contributed by atoms with van der Waals surface area (Å²) in [5.41, 5.74) is 0.908. The van der Waals surface area contributed by atoms with Crippen LogP contribution in [0.1, 0.15) is 22.4 Å². The highest BCUT2D eigenvalue weighted by Crippen LogP contribution is 2.23. The highest BCUT2D eigenvalue weighted by molar-refractivity contribution is 7.16. The van der Waals surface area contributed by atoms with Gasteiger partial charge in [0.15, 0.2) is 0 Å². The fourth-order valence-corrected chi connectivity index (χ4v) is 3.59. The molecule has 0 spiro atoms. The van der Waals surface area contributed by atoms with Gasteiger partial charge in [-0.1, -0.05) is 11.6 Å². The number of carbonyl (C=O) groups excluding carboxylic acids is 1. The zero-order valence-corrected chi connectivity index (χ0v) is 15.5. The zero-order chi connectivity index (χ0) is 18.7. The van der Waals surface area contributed by atoms with Gasteiger partial charge < -0.3 is 5.32 Å². The Morgan fingerprint density at radius 3 is 2.85 bits per heavy atom. The van der Waals surface area contributed by atoms with Gasteiger partial charge >= 0.3 is 0 Å². The lowest BCUT2D eigenvalue weighted by molar-refractivity contribution is -0.116. The fraction of sp³-hybridized carbons (Fsp3) is 0.222. The summed E-state index contributed by atoms with van der Waals surface area (Å²) < 4.78 is 29.4. The highest BCUT2D eigenvalue weighted by atomic mass is 35.5. The largest absolute Gasteiger partial charge is 0.311 e. The third kappa shape index (κ3) is 4.47. The molecule has 0 saturated carbocycles. The lowest BCUT2D eigenvalue weighted by atomic mass is 10.2. The highest BCUT2D eigenvalue weighted by Gasteiger charge is 2.14. The van der Waals surface area contributed by atoms with Crippen LogP contribution in [0.15, 0.2) is 36.5 Å². The van der Waals surface area contributed by atoms with Crippen molar-refractivity contribution in [3.63, 3.8) is 0 Å². The predicted octanol–water partition coefficient (Wildman–Crippen LogP) is 4.80. The Hall–Kier alpha value is -2.25. The fourth-order valence-electron chi connectivity index (χ4n) is 2.50. The smallest absolute Gasteiger partial charge is 0.225 e. The monoisotopic (exact) mass is 395 g/mol. The average Bonchev–Trinajstić information content (AvgIpc) is 3.16. The minimum Gasteiger partial charge on any atom is -0.311 e. The number of rotatable bonds is 6. The molecule has 0 fully saturated rings. The van der Waals surface area contributed by atoms with Crippen molar-refractivity contribution in [2.24, 2.45) is 0 Å². The van der Waals surface area contributed by atoms with Crippen molar-refractivity contribution in [2.45, 2.75) is 26.3 Å². The number of aromatic nitrogens is 2.